The second kappa shape index (κ2) is 6.41. The van der Waals surface area contributed by atoms with Gasteiger partial charge in [-0.05, 0) is 30.3 Å². The fraction of sp³-hybridized carbons (Fsp3) is 0. The molecule has 21 heavy (non-hydrogen) atoms. The largest absolute Gasteiger partial charge is 0.278 e. The van der Waals surface area contributed by atoms with E-state index < -0.39 is 10.0 Å². The molecule has 0 aliphatic carbocycles. The number of hydrogen-bond acceptors (Lipinski definition) is 2. The van der Waals surface area contributed by atoms with E-state index >= 15 is 0 Å². The molecule has 0 radical (unpaired) electrons. The van der Waals surface area contributed by atoms with Gasteiger partial charge in [-0.2, -0.15) is 0 Å². The average Bonchev–Trinajstić information content (AvgIpc) is 2.38. The maximum atomic E-state index is 12.3. The van der Waals surface area contributed by atoms with E-state index in [4.69, 9.17) is 58.0 Å². The maximum absolute atomic E-state index is 12.3. The van der Waals surface area contributed by atoms with Crippen molar-refractivity contribution in [1.82, 2.24) is 0 Å². The summed E-state index contributed by atoms with van der Waals surface area (Å²) in [6.45, 7) is 0. The maximum Gasteiger partial charge on any atom is 0.263 e. The number of halogens is 5. The van der Waals surface area contributed by atoms with E-state index in [1.54, 1.807) is 0 Å². The summed E-state index contributed by atoms with van der Waals surface area (Å²) in [6, 6.07) is 6.74. The third-order valence-electron chi connectivity index (χ3n) is 2.44. The normalized spacial score (nSPS) is 11.5. The Morgan fingerprint density at radius 3 is 2.05 bits per heavy atom. The van der Waals surface area contributed by atoms with E-state index in [-0.39, 0.29) is 35.7 Å². The lowest BCUT2D eigenvalue weighted by molar-refractivity contribution is 0.601. The van der Waals surface area contributed by atoms with Crippen LogP contribution in [0.2, 0.25) is 25.1 Å². The van der Waals surface area contributed by atoms with E-state index in [9.17, 15) is 8.42 Å². The van der Waals surface area contributed by atoms with Crippen LogP contribution in [0.5, 0.6) is 0 Å². The Kier molecular flexibility index (Phi) is 5.19. The zero-order valence-corrected chi connectivity index (χ0v) is 14.6. The molecule has 0 amide bonds. The number of sulfonamides is 1. The number of rotatable bonds is 3. The third kappa shape index (κ3) is 3.89. The van der Waals surface area contributed by atoms with Gasteiger partial charge in [0.1, 0.15) is 4.90 Å². The highest BCUT2D eigenvalue weighted by Gasteiger charge is 2.20. The summed E-state index contributed by atoms with van der Waals surface area (Å²) in [5.41, 5.74) is 0.0853. The van der Waals surface area contributed by atoms with Crippen LogP contribution in [0.15, 0.2) is 35.2 Å². The predicted octanol–water partition coefficient (Wildman–Crippen LogP) is 5.75. The molecule has 0 aliphatic rings. The average molecular weight is 406 g/mol. The quantitative estimate of drug-likeness (QED) is 0.661. The molecule has 9 heteroatoms. The van der Waals surface area contributed by atoms with Crippen molar-refractivity contribution in [2.24, 2.45) is 0 Å². The van der Waals surface area contributed by atoms with Gasteiger partial charge >= 0.3 is 0 Å². The van der Waals surface area contributed by atoms with Gasteiger partial charge in [-0.15, -0.1) is 0 Å². The molecule has 0 spiro atoms. The molecule has 0 saturated heterocycles. The van der Waals surface area contributed by atoms with Gasteiger partial charge in [0.15, 0.2) is 0 Å². The third-order valence-corrected chi connectivity index (χ3v) is 5.55. The minimum atomic E-state index is -3.97. The molecule has 0 fully saturated rings. The monoisotopic (exact) mass is 403 g/mol. The lowest BCUT2D eigenvalue weighted by Gasteiger charge is -2.12. The molecule has 2 aromatic rings. The summed E-state index contributed by atoms with van der Waals surface area (Å²) in [5, 5.41) is 0.746. The van der Waals surface area contributed by atoms with Crippen molar-refractivity contribution in [2.75, 3.05) is 4.72 Å². The van der Waals surface area contributed by atoms with Crippen molar-refractivity contribution in [2.45, 2.75) is 4.90 Å². The molecule has 0 saturated carbocycles. The molecule has 0 bridgehead atoms. The molecule has 0 aliphatic heterocycles. The van der Waals surface area contributed by atoms with Crippen LogP contribution in [-0.4, -0.2) is 8.42 Å². The molecule has 1 N–H and O–H groups in total. The number of nitrogens with one attached hydrogen (secondary N) is 1. The summed E-state index contributed by atoms with van der Waals surface area (Å²) in [6.07, 6.45) is 0. The van der Waals surface area contributed by atoms with Gasteiger partial charge in [0.25, 0.3) is 10.0 Å². The van der Waals surface area contributed by atoms with Crippen molar-refractivity contribution in [3.8, 4) is 0 Å². The summed E-state index contributed by atoms with van der Waals surface area (Å²) >= 11 is 29.2. The van der Waals surface area contributed by atoms with E-state index in [0.29, 0.717) is 0 Å². The first kappa shape index (κ1) is 17.0. The number of anilines is 1. The highest BCUT2D eigenvalue weighted by Crippen LogP contribution is 2.34. The van der Waals surface area contributed by atoms with Gasteiger partial charge in [0, 0.05) is 5.02 Å². The molecule has 0 aromatic heterocycles. The standard InChI is InChI=1S/C12H6Cl5NO2S/c13-6-1-2-7(14)12(3-6)21(19,20)18-11-5-9(16)8(15)4-10(11)17/h1-5,18H. The molecular weight excluding hydrogens is 399 g/mol. The molecular formula is C12H6Cl5NO2S. The van der Waals surface area contributed by atoms with Crippen molar-refractivity contribution in [1.29, 1.82) is 0 Å². The second-order valence-electron chi connectivity index (χ2n) is 3.93. The van der Waals surface area contributed by atoms with Crippen molar-refractivity contribution >= 4 is 73.7 Å². The van der Waals surface area contributed by atoms with Gasteiger partial charge in [-0.1, -0.05) is 58.0 Å². The minimum Gasteiger partial charge on any atom is -0.278 e. The highest BCUT2D eigenvalue weighted by atomic mass is 35.5. The molecule has 112 valence electrons. The first-order valence-corrected chi connectivity index (χ1v) is 8.70. The van der Waals surface area contributed by atoms with Crippen LogP contribution < -0.4 is 4.72 Å². The topological polar surface area (TPSA) is 46.2 Å². The summed E-state index contributed by atoms with van der Waals surface area (Å²) in [4.78, 5) is -0.168. The van der Waals surface area contributed by atoms with E-state index in [2.05, 4.69) is 4.72 Å². The Bertz CT molecular complexity index is 808. The van der Waals surface area contributed by atoms with Crippen LogP contribution in [0, 0.1) is 0 Å². The number of benzene rings is 2. The predicted molar refractivity (Wildman–Crippen MR) is 88.7 cm³/mol. The van der Waals surface area contributed by atoms with E-state index in [0.717, 1.165) is 0 Å². The van der Waals surface area contributed by atoms with Crippen LogP contribution in [0.4, 0.5) is 5.69 Å². The first-order valence-electron chi connectivity index (χ1n) is 5.33. The Hall–Kier alpha value is -0.360. The van der Waals surface area contributed by atoms with Crippen LogP contribution in [0.25, 0.3) is 0 Å². The Labute approximate surface area is 146 Å². The molecule has 0 heterocycles. The lowest BCUT2D eigenvalue weighted by Crippen LogP contribution is -2.14. The number of hydrogen-bond donors (Lipinski definition) is 1. The van der Waals surface area contributed by atoms with Gasteiger partial charge in [0.05, 0.1) is 25.8 Å². The molecule has 0 unspecified atom stereocenters. The Balaban J connectivity index is 2.47. The van der Waals surface area contributed by atoms with Gasteiger partial charge in [-0.3, -0.25) is 4.72 Å². The van der Waals surface area contributed by atoms with E-state index in [1.165, 1.54) is 30.3 Å². The fourth-order valence-electron chi connectivity index (χ4n) is 1.48. The molecule has 3 nitrogen and oxygen atoms in total. The SMILES string of the molecule is O=S(=O)(Nc1cc(Cl)c(Cl)cc1Cl)c1cc(Cl)ccc1Cl. The van der Waals surface area contributed by atoms with Gasteiger partial charge in [-0.25, -0.2) is 8.42 Å². The van der Waals surface area contributed by atoms with Crippen LogP contribution >= 0.6 is 58.0 Å². The summed E-state index contributed by atoms with van der Waals surface area (Å²) < 4.78 is 27.0. The van der Waals surface area contributed by atoms with Crippen LogP contribution in [0.3, 0.4) is 0 Å². The summed E-state index contributed by atoms with van der Waals surface area (Å²) in [5.74, 6) is 0. The van der Waals surface area contributed by atoms with Crippen molar-refractivity contribution in [3.63, 3.8) is 0 Å². The first-order chi connectivity index (χ1) is 9.70. The molecule has 2 rings (SSSR count). The van der Waals surface area contributed by atoms with Crippen molar-refractivity contribution in [3.05, 3.63) is 55.4 Å². The van der Waals surface area contributed by atoms with Gasteiger partial charge < -0.3 is 0 Å². The summed E-state index contributed by atoms with van der Waals surface area (Å²) in [7, 11) is -3.97. The minimum absolute atomic E-state index is 0.0306. The lowest BCUT2D eigenvalue weighted by atomic mass is 10.3. The zero-order valence-electron chi connectivity index (χ0n) is 10.0. The Morgan fingerprint density at radius 1 is 0.762 bits per heavy atom. The highest BCUT2D eigenvalue weighted by molar-refractivity contribution is 7.92. The van der Waals surface area contributed by atoms with Crippen molar-refractivity contribution < 1.29 is 8.42 Å². The molecule has 2 aromatic carbocycles. The smallest absolute Gasteiger partial charge is 0.263 e. The Morgan fingerprint density at radius 2 is 1.38 bits per heavy atom. The van der Waals surface area contributed by atoms with Crippen LogP contribution in [-0.2, 0) is 10.0 Å². The van der Waals surface area contributed by atoms with E-state index in [1.807, 2.05) is 0 Å². The fourth-order valence-corrected chi connectivity index (χ4v) is 3.97. The molecule has 0 atom stereocenters. The second-order valence-corrected chi connectivity index (χ2v) is 7.64. The van der Waals surface area contributed by atoms with Gasteiger partial charge in [0.2, 0.25) is 0 Å². The van der Waals surface area contributed by atoms with Crippen LogP contribution in [0.1, 0.15) is 0 Å². The zero-order chi connectivity index (χ0) is 15.8.